The van der Waals surface area contributed by atoms with E-state index in [1.165, 1.54) is 104 Å². The Morgan fingerprint density at radius 1 is 0.264 bits per heavy atom. The molecule has 2 aliphatic rings. The van der Waals surface area contributed by atoms with Gasteiger partial charge in [0.25, 0.3) is 0 Å². The zero-order valence-electron chi connectivity index (χ0n) is 57.0. The van der Waals surface area contributed by atoms with Gasteiger partial charge in [-0.1, -0.05) is 0 Å². The third kappa shape index (κ3) is 8.72. The summed E-state index contributed by atoms with van der Waals surface area (Å²) in [6, 6.07) is 73.1. The molecule has 10 aromatic carbocycles. The van der Waals surface area contributed by atoms with Crippen LogP contribution in [-0.4, -0.2) is 20.4 Å². The van der Waals surface area contributed by atoms with Crippen LogP contribution in [0.25, 0.3) is 82.5 Å². The van der Waals surface area contributed by atoms with E-state index in [1.54, 1.807) is 0 Å². The Hall–Kier alpha value is -8.37. The van der Waals surface area contributed by atoms with Gasteiger partial charge in [-0.2, -0.15) is 0 Å². The van der Waals surface area contributed by atoms with Gasteiger partial charge in [0.15, 0.2) is 0 Å². The van der Waals surface area contributed by atoms with Crippen LogP contribution in [0.3, 0.4) is 0 Å². The summed E-state index contributed by atoms with van der Waals surface area (Å²) >= 11 is 0. The summed E-state index contributed by atoms with van der Waals surface area (Å²) < 4.78 is 23.3. The molecule has 5 nitrogen and oxygen atoms in total. The molecule has 15 rings (SSSR count). The van der Waals surface area contributed by atoms with Crippen molar-refractivity contribution in [1.82, 2.24) is 13.7 Å². The van der Waals surface area contributed by atoms with Crippen LogP contribution >= 0.6 is 6.60 Å². The molecular formula is C85H88N3O2P. The molecule has 0 atom stereocenters. The first kappa shape index (κ1) is 59.0. The van der Waals surface area contributed by atoms with E-state index < -0.39 is 6.60 Å². The normalized spacial score (nSPS) is 15.4. The first-order valence-electron chi connectivity index (χ1n) is 32.9. The van der Waals surface area contributed by atoms with Crippen LogP contribution in [-0.2, 0) is 32.5 Å². The Morgan fingerprint density at radius 3 is 0.780 bits per heavy atom. The second-order valence-electron chi connectivity index (χ2n) is 33.1. The average molecular weight is 1210 g/mol. The molecule has 2 aliphatic heterocycles. The van der Waals surface area contributed by atoms with Crippen LogP contribution in [0.4, 0.5) is 0 Å². The molecule has 3 aromatic heterocycles. The molecule has 0 bridgehead atoms. The summed E-state index contributed by atoms with van der Waals surface area (Å²) in [4.78, 5) is 0. The zero-order valence-corrected chi connectivity index (χ0v) is 57.9. The fraction of sp³-hybridized carbons (Fsp3) is 0.294. The second-order valence-corrected chi connectivity index (χ2v) is 38.2. The number of rotatable bonds is 4. The molecule has 13 aromatic rings. The molecule has 91 heavy (non-hydrogen) atoms. The van der Waals surface area contributed by atoms with Crippen LogP contribution in [0.15, 0.2) is 188 Å². The number of nitrogens with zero attached hydrogens (tertiary/aromatic N) is 3. The molecule has 0 N–H and O–H groups in total. The molecule has 0 saturated heterocycles. The minimum absolute atomic E-state index is 0.0619. The molecule has 0 saturated carbocycles. The van der Waals surface area contributed by atoms with Crippen molar-refractivity contribution in [2.45, 2.75) is 157 Å². The molecule has 0 aliphatic carbocycles. The van der Waals surface area contributed by atoms with E-state index >= 15 is 0 Å². The van der Waals surface area contributed by atoms with Gasteiger partial charge in [-0.3, -0.25) is 0 Å². The Kier molecular flexibility index (Phi) is 12.4. The summed E-state index contributed by atoms with van der Waals surface area (Å²) in [6.07, 6.45) is 0. The number of hydrogen-bond acceptors (Lipinski definition) is 2. The SMILES string of the molecule is CC(C)(C)c1ccc2c3ccc(C(C)(C)C)cc3n(-c3ccc4c(c3)Oc3cc(-n5c6cc(C(C)(C)C)ccc6c6ccc(C(C)(C)C)cc65)cc5c3P4(C)(c3ccccc3)c3ccc(-n4c6cc(C(C)(C)C)ccc6c6ccc(C(C)(C)C)cc64)cc3O5)c2c1. The zero-order chi connectivity index (χ0) is 64.3. The Bertz CT molecular complexity index is 4810. The standard InChI is InChI=1S/C85H88N3O2P/c1-80(2,3)51-25-33-61-62-34-26-52(81(4,5)6)42-68(62)86(67(61)41-51)57-31-39-77-73(47-57)89-75-49-59(88-71-45-55(84(13,14)15)29-37-65(71)66-38-30-56(46-72(66)88)85(16,17)18)50-76-79(75)91(77,19,60-23-21-20-22-24-60)78-40-32-58(48-74(78)90-76)87-69-43-53(82(7,8)9)27-35-63(69)64-36-28-54(44-70(64)87)83(10,11)12/h20-50H,1-19H3. The van der Waals surface area contributed by atoms with Gasteiger partial charge >= 0.3 is 542 Å². The van der Waals surface area contributed by atoms with E-state index in [0.717, 1.165) is 56.4 Å². The van der Waals surface area contributed by atoms with Gasteiger partial charge in [-0.05, 0) is 0 Å². The van der Waals surface area contributed by atoms with E-state index in [2.05, 4.69) is 333 Å². The maximum atomic E-state index is 7.87. The van der Waals surface area contributed by atoms with Crippen molar-refractivity contribution in [2.75, 3.05) is 6.66 Å². The molecule has 0 fully saturated rings. The van der Waals surface area contributed by atoms with E-state index in [0.29, 0.717) is 0 Å². The predicted octanol–water partition coefficient (Wildman–Crippen LogP) is 21.8. The van der Waals surface area contributed by atoms with Crippen LogP contribution in [0.5, 0.6) is 23.0 Å². The van der Waals surface area contributed by atoms with Gasteiger partial charge in [-0.15, -0.1) is 0 Å². The monoisotopic (exact) mass is 1210 g/mol. The van der Waals surface area contributed by atoms with Crippen molar-refractivity contribution in [1.29, 1.82) is 0 Å². The molecule has 460 valence electrons. The van der Waals surface area contributed by atoms with E-state index in [-0.39, 0.29) is 32.5 Å². The minimum atomic E-state index is -3.94. The van der Waals surface area contributed by atoms with Crippen molar-refractivity contribution in [3.63, 3.8) is 0 Å². The molecule has 5 heterocycles. The van der Waals surface area contributed by atoms with Crippen molar-refractivity contribution >= 4 is 93.2 Å². The number of hydrogen-bond donors (Lipinski definition) is 0. The second kappa shape index (κ2) is 19.1. The Labute approximate surface area is 538 Å². The summed E-state index contributed by atoms with van der Waals surface area (Å²) in [7, 11) is 0. The van der Waals surface area contributed by atoms with Gasteiger partial charge in [0.2, 0.25) is 0 Å². The van der Waals surface area contributed by atoms with Crippen molar-refractivity contribution in [2.24, 2.45) is 0 Å². The predicted molar refractivity (Wildman–Crippen MR) is 393 cm³/mol. The fourth-order valence-corrected chi connectivity index (χ4v) is 21.3. The quantitative estimate of drug-likeness (QED) is 0.165. The number of ether oxygens (including phenoxy) is 2. The van der Waals surface area contributed by atoms with Gasteiger partial charge in [0.05, 0.1) is 0 Å². The summed E-state index contributed by atoms with van der Waals surface area (Å²) in [5.74, 6) is 3.32. The topological polar surface area (TPSA) is 33.2 Å². The molecular weight excluding hydrogens is 1130 g/mol. The third-order valence-corrected chi connectivity index (χ3v) is 27.1. The molecule has 0 unspecified atom stereocenters. The average Bonchev–Trinajstić information content (AvgIpc) is 1.29. The molecule has 6 heteroatoms. The van der Waals surface area contributed by atoms with E-state index in [4.69, 9.17) is 9.47 Å². The third-order valence-electron chi connectivity index (χ3n) is 20.8. The number of benzene rings is 10. The van der Waals surface area contributed by atoms with Crippen LogP contribution in [0.2, 0.25) is 0 Å². The van der Waals surface area contributed by atoms with Gasteiger partial charge in [0, 0.05) is 0 Å². The Morgan fingerprint density at radius 2 is 0.516 bits per heavy atom. The first-order valence-corrected chi connectivity index (χ1v) is 35.6. The van der Waals surface area contributed by atoms with Gasteiger partial charge in [0.1, 0.15) is 0 Å². The van der Waals surface area contributed by atoms with E-state index in [1.807, 2.05) is 0 Å². The molecule has 0 amide bonds. The van der Waals surface area contributed by atoms with Crippen LogP contribution < -0.4 is 30.7 Å². The maximum absolute atomic E-state index is 7.87. The first-order chi connectivity index (χ1) is 42.7. The molecule has 0 radical (unpaired) electrons. The van der Waals surface area contributed by atoms with Crippen molar-refractivity contribution in [3.05, 3.63) is 221 Å². The Balaban J connectivity index is 1.07. The summed E-state index contributed by atoms with van der Waals surface area (Å²) in [6.45, 7) is 40.3. The molecule has 0 spiro atoms. The van der Waals surface area contributed by atoms with Gasteiger partial charge < -0.3 is 0 Å². The van der Waals surface area contributed by atoms with Crippen molar-refractivity contribution < 1.29 is 9.47 Å². The number of fused-ring (bicyclic) bond motifs is 13. The van der Waals surface area contributed by atoms with Gasteiger partial charge in [-0.25, -0.2) is 0 Å². The fourth-order valence-electron chi connectivity index (χ4n) is 15.3. The summed E-state index contributed by atoms with van der Waals surface area (Å²) in [5, 5.41) is 12.1. The van der Waals surface area contributed by atoms with E-state index in [9.17, 15) is 0 Å². The number of aromatic nitrogens is 3. The van der Waals surface area contributed by atoms with Crippen LogP contribution in [0, 0.1) is 0 Å². The summed E-state index contributed by atoms with van der Waals surface area (Å²) in [5.41, 5.74) is 17.5. The van der Waals surface area contributed by atoms with Crippen molar-refractivity contribution in [3.8, 4) is 40.1 Å². The van der Waals surface area contributed by atoms with Crippen LogP contribution in [0.1, 0.15) is 158 Å².